The quantitative estimate of drug-likeness (QED) is 0.232. The number of rotatable bonds is 6. The molecule has 0 radical (unpaired) electrons. The molecule has 0 aromatic heterocycles. The van der Waals surface area contributed by atoms with Gasteiger partial charge in [0.15, 0.2) is 5.96 Å². The maximum atomic E-state index is 11.8. The van der Waals surface area contributed by atoms with E-state index in [4.69, 9.17) is 9.47 Å². The standard InChI is InChI=1S/C18H27N3O3.HI/c1-14-12-21(13-16(14)17(22)23-3)18(19-2)20-10-7-11-24-15-8-5-4-6-9-15;/h4-6,8-9,14,16H,7,10-13H2,1-3H3,(H,19,20);1H. The first-order valence-electron chi connectivity index (χ1n) is 8.37. The van der Waals surface area contributed by atoms with Gasteiger partial charge in [0.05, 0.1) is 19.6 Å². The van der Waals surface area contributed by atoms with Gasteiger partial charge in [-0.15, -0.1) is 24.0 Å². The first-order valence-corrected chi connectivity index (χ1v) is 8.37. The number of nitrogens with zero attached hydrogens (tertiary/aromatic N) is 2. The molecule has 0 aliphatic carbocycles. The van der Waals surface area contributed by atoms with Crippen molar-refractivity contribution in [2.45, 2.75) is 13.3 Å². The number of aliphatic imine (C=N–C) groups is 1. The fourth-order valence-corrected chi connectivity index (χ4v) is 2.91. The second-order valence-corrected chi connectivity index (χ2v) is 6.00. The molecular formula is C18H28IN3O3. The number of nitrogens with one attached hydrogen (secondary N) is 1. The van der Waals surface area contributed by atoms with Gasteiger partial charge >= 0.3 is 5.97 Å². The van der Waals surface area contributed by atoms with E-state index in [2.05, 4.69) is 22.1 Å². The average molecular weight is 461 g/mol. The highest BCUT2D eigenvalue weighted by molar-refractivity contribution is 14.0. The van der Waals surface area contributed by atoms with Crippen LogP contribution in [0.3, 0.4) is 0 Å². The molecule has 2 rings (SSSR count). The van der Waals surface area contributed by atoms with Crippen molar-refractivity contribution in [1.29, 1.82) is 0 Å². The number of halogens is 1. The summed E-state index contributed by atoms with van der Waals surface area (Å²) in [4.78, 5) is 18.2. The first-order chi connectivity index (χ1) is 11.7. The van der Waals surface area contributed by atoms with E-state index in [1.54, 1.807) is 7.05 Å². The Balaban J connectivity index is 0.00000312. The minimum absolute atomic E-state index is 0. The summed E-state index contributed by atoms with van der Waals surface area (Å²) in [7, 11) is 3.20. The van der Waals surface area contributed by atoms with Gasteiger partial charge in [-0.2, -0.15) is 0 Å². The zero-order chi connectivity index (χ0) is 17.4. The molecule has 1 aromatic carbocycles. The zero-order valence-corrected chi connectivity index (χ0v) is 17.4. The molecule has 1 aliphatic rings. The van der Waals surface area contributed by atoms with E-state index in [-0.39, 0.29) is 41.8 Å². The van der Waals surface area contributed by atoms with Gasteiger partial charge in [0.1, 0.15) is 5.75 Å². The lowest BCUT2D eigenvalue weighted by molar-refractivity contribution is -0.145. The summed E-state index contributed by atoms with van der Waals surface area (Å²) < 4.78 is 10.6. The number of carbonyl (C=O) groups is 1. The molecule has 1 aromatic rings. The number of para-hydroxylation sites is 1. The van der Waals surface area contributed by atoms with Gasteiger partial charge < -0.3 is 19.7 Å². The highest BCUT2D eigenvalue weighted by Gasteiger charge is 2.36. The lowest BCUT2D eigenvalue weighted by Crippen LogP contribution is -2.41. The normalized spacial score (nSPS) is 20.0. The Hall–Kier alpha value is -1.51. The molecule has 1 saturated heterocycles. The maximum absolute atomic E-state index is 11.8. The van der Waals surface area contributed by atoms with E-state index in [0.717, 1.165) is 31.2 Å². The van der Waals surface area contributed by atoms with Gasteiger partial charge in [-0.1, -0.05) is 25.1 Å². The second-order valence-electron chi connectivity index (χ2n) is 6.00. The fourth-order valence-electron chi connectivity index (χ4n) is 2.91. The number of ether oxygens (including phenoxy) is 2. The Kier molecular flexibility index (Phi) is 9.62. The van der Waals surface area contributed by atoms with Crippen LogP contribution in [-0.2, 0) is 9.53 Å². The summed E-state index contributed by atoms with van der Waals surface area (Å²) in [5.74, 6) is 1.74. The molecule has 1 fully saturated rings. The third-order valence-corrected chi connectivity index (χ3v) is 4.24. The van der Waals surface area contributed by atoms with E-state index in [0.29, 0.717) is 13.2 Å². The van der Waals surface area contributed by atoms with Crippen molar-refractivity contribution < 1.29 is 14.3 Å². The van der Waals surface area contributed by atoms with Gasteiger partial charge in [-0.3, -0.25) is 9.79 Å². The summed E-state index contributed by atoms with van der Waals surface area (Å²) in [6.07, 6.45) is 0.873. The second kappa shape index (κ2) is 11.2. The third-order valence-electron chi connectivity index (χ3n) is 4.24. The smallest absolute Gasteiger partial charge is 0.310 e. The zero-order valence-electron chi connectivity index (χ0n) is 15.1. The van der Waals surface area contributed by atoms with Crippen LogP contribution in [0.15, 0.2) is 35.3 Å². The van der Waals surface area contributed by atoms with Crippen LogP contribution < -0.4 is 10.1 Å². The molecule has 25 heavy (non-hydrogen) atoms. The van der Waals surface area contributed by atoms with Crippen LogP contribution in [0.2, 0.25) is 0 Å². The van der Waals surface area contributed by atoms with E-state index in [1.165, 1.54) is 7.11 Å². The largest absolute Gasteiger partial charge is 0.494 e. The molecule has 140 valence electrons. The van der Waals surface area contributed by atoms with Gasteiger partial charge in [0, 0.05) is 26.7 Å². The van der Waals surface area contributed by atoms with Crippen molar-refractivity contribution in [3.63, 3.8) is 0 Å². The molecule has 0 spiro atoms. The van der Waals surface area contributed by atoms with E-state index in [1.807, 2.05) is 30.3 Å². The van der Waals surface area contributed by atoms with Crippen molar-refractivity contribution in [3.8, 4) is 5.75 Å². The highest BCUT2D eigenvalue weighted by Crippen LogP contribution is 2.24. The van der Waals surface area contributed by atoms with Crippen LogP contribution in [0.4, 0.5) is 0 Å². The minimum atomic E-state index is -0.142. The Morgan fingerprint density at radius 3 is 2.68 bits per heavy atom. The van der Waals surface area contributed by atoms with E-state index < -0.39 is 0 Å². The predicted octanol–water partition coefficient (Wildman–Crippen LogP) is 2.39. The molecule has 7 heteroatoms. The Bertz CT molecular complexity index is 554. The van der Waals surface area contributed by atoms with Crippen LogP contribution in [0.25, 0.3) is 0 Å². The summed E-state index contributed by atoms with van der Waals surface area (Å²) >= 11 is 0. The van der Waals surface area contributed by atoms with Crippen LogP contribution in [-0.4, -0.2) is 57.2 Å². The topological polar surface area (TPSA) is 63.2 Å². The summed E-state index contributed by atoms with van der Waals surface area (Å²) in [5, 5.41) is 3.34. The van der Waals surface area contributed by atoms with Crippen LogP contribution in [0.1, 0.15) is 13.3 Å². The SMILES string of the molecule is CN=C(NCCCOc1ccccc1)N1CC(C)C(C(=O)OC)C1.I. The van der Waals surface area contributed by atoms with E-state index in [9.17, 15) is 4.79 Å². The Morgan fingerprint density at radius 2 is 2.04 bits per heavy atom. The molecule has 0 amide bonds. The predicted molar refractivity (Wildman–Crippen MR) is 110 cm³/mol. The Labute approximate surface area is 167 Å². The van der Waals surface area contributed by atoms with Crippen molar-refractivity contribution in [2.75, 3.05) is 40.4 Å². The van der Waals surface area contributed by atoms with Gasteiger partial charge in [-0.25, -0.2) is 0 Å². The van der Waals surface area contributed by atoms with Gasteiger partial charge in [0.2, 0.25) is 0 Å². The number of benzene rings is 1. The summed E-state index contributed by atoms with van der Waals surface area (Å²) in [5.41, 5.74) is 0. The van der Waals surface area contributed by atoms with Crippen molar-refractivity contribution in [3.05, 3.63) is 30.3 Å². The van der Waals surface area contributed by atoms with Crippen LogP contribution in [0.5, 0.6) is 5.75 Å². The number of esters is 1. The number of likely N-dealkylation sites (tertiary alicyclic amines) is 1. The number of hydrogen-bond donors (Lipinski definition) is 1. The molecule has 6 nitrogen and oxygen atoms in total. The van der Waals surface area contributed by atoms with Crippen LogP contribution in [0, 0.1) is 11.8 Å². The highest BCUT2D eigenvalue weighted by atomic mass is 127. The molecule has 1 heterocycles. The van der Waals surface area contributed by atoms with Crippen LogP contribution >= 0.6 is 24.0 Å². The van der Waals surface area contributed by atoms with Gasteiger partial charge in [0.25, 0.3) is 0 Å². The lowest BCUT2D eigenvalue weighted by atomic mass is 9.99. The van der Waals surface area contributed by atoms with E-state index >= 15 is 0 Å². The summed E-state index contributed by atoms with van der Waals surface area (Å²) in [6, 6.07) is 9.79. The summed E-state index contributed by atoms with van der Waals surface area (Å²) in [6.45, 7) is 4.94. The van der Waals surface area contributed by atoms with Crippen molar-refractivity contribution in [1.82, 2.24) is 10.2 Å². The lowest BCUT2D eigenvalue weighted by Gasteiger charge is -2.21. The van der Waals surface area contributed by atoms with Crippen molar-refractivity contribution >= 4 is 35.9 Å². The minimum Gasteiger partial charge on any atom is -0.494 e. The molecule has 0 bridgehead atoms. The number of methoxy groups -OCH3 is 1. The molecular weight excluding hydrogens is 433 g/mol. The Morgan fingerprint density at radius 1 is 1.32 bits per heavy atom. The maximum Gasteiger partial charge on any atom is 0.310 e. The number of guanidine groups is 1. The molecule has 2 unspecified atom stereocenters. The van der Waals surface area contributed by atoms with Crippen molar-refractivity contribution in [2.24, 2.45) is 16.8 Å². The average Bonchev–Trinajstić information content (AvgIpc) is 3.00. The third kappa shape index (κ3) is 6.37. The monoisotopic (exact) mass is 461 g/mol. The fraction of sp³-hybridized carbons (Fsp3) is 0.556. The molecule has 1 aliphatic heterocycles. The molecule has 0 saturated carbocycles. The number of hydrogen-bond acceptors (Lipinski definition) is 4. The van der Waals surface area contributed by atoms with Gasteiger partial charge in [-0.05, 0) is 24.5 Å². The first kappa shape index (κ1) is 21.5. The molecule has 1 N–H and O–H groups in total. The molecule has 2 atom stereocenters. The number of carbonyl (C=O) groups excluding carboxylic acids is 1.